The molecule has 0 aromatic rings. The monoisotopic (exact) mass is 320 g/mol. The molecule has 1 heterocycles. The van der Waals surface area contributed by atoms with Gasteiger partial charge in [-0.05, 0) is 25.7 Å². The Kier molecular flexibility index (Phi) is 5.59. The number of carboxylic acids is 1. The van der Waals surface area contributed by atoms with Gasteiger partial charge in [-0.1, -0.05) is 12.8 Å². The van der Waals surface area contributed by atoms with Crippen LogP contribution < -0.4 is 0 Å². The van der Waals surface area contributed by atoms with Crippen molar-refractivity contribution in [2.45, 2.75) is 44.6 Å². The predicted octanol–water partition coefficient (Wildman–Crippen LogP) is 0.265. The number of hydrogen-bond donors (Lipinski definition) is 2. The van der Waals surface area contributed by atoms with Crippen LogP contribution in [-0.4, -0.2) is 65.5 Å². The minimum absolute atomic E-state index is 0.0284. The number of rotatable bonds is 6. The van der Waals surface area contributed by atoms with Crippen LogP contribution in [0.1, 0.15) is 38.5 Å². The molecule has 2 fully saturated rings. The first kappa shape index (κ1) is 16.7. The summed E-state index contributed by atoms with van der Waals surface area (Å²) < 4.78 is 28.3. The highest BCUT2D eigenvalue weighted by atomic mass is 32.2. The van der Waals surface area contributed by atoms with Crippen LogP contribution in [0, 0.1) is 5.92 Å². The number of carboxylic acid groups (broad SMARTS) is 1. The Balaban J connectivity index is 2.06. The molecule has 0 aromatic heterocycles. The molecule has 2 aliphatic rings. The number of hydrogen-bond acceptors (Lipinski definition) is 4. The van der Waals surface area contributed by atoms with Crippen LogP contribution in [0.5, 0.6) is 0 Å². The van der Waals surface area contributed by atoms with E-state index in [9.17, 15) is 18.3 Å². The second-order valence-corrected chi connectivity index (χ2v) is 7.67. The molecule has 0 atom stereocenters. The lowest BCUT2D eigenvalue weighted by Gasteiger charge is -2.36. The molecule has 0 spiro atoms. The summed E-state index contributed by atoms with van der Waals surface area (Å²) in [5, 5.41) is 18.2. The molecule has 0 aromatic carbocycles. The maximum Gasteiger partial charge on any atom is 0.306 e. The summed E-state index contributed by atoms with van der Waals surface area (Å²) in [7, 11) is -3.61. The lowest BCUT2D eigenvalue weighted by molar-refractivity contribution is -0.142. The molecular weight excluding hydrogens is 296 g/mol. The minimum Gasteiger partial charge on any atom is -0.481 e. The van der Waals surface area contributed by atoms with Gasteiger partial charge in [0.15, 0.2) is 0 Å². The van der Waals surface area contributed by atoms with Gasteiger partial charge in [-0.25, -0.2) is 0 Å². The molecule has 1 aliphatic carbocycles. The lowest BCUT2D eigenvalue weighted by atomic mass is 9.99. The number of piperidine rings is 1. The zero-order valence-corrected chi connectivity index (χ0v) is 13.0. The average molecular weight is 320 g/mol. The Morgan fingerprint density at radius 3 is 2.19 bits per heavy atom. The number of nitrogens with zero attached hydrogens (tertiary/aromatic N) is 2. The van der Waals surface area contributed by atoms with Crippen LogP contribution in [0.3, 0.4) is 0 Å². The van der Waals surface area contributed by atoms with Gasteiger partial charge in [-0.15, -0.1) is 0 Å². The van der Waals surface area contributed by atoms with Crippen molar-refractivity contribution < 1.29 is 23.4 Å². The first-order valence-electron chi connectivity index (χ1n) is 7.57. The van der Waals surface area contributed by atoms with Crippen LogP contribution >= 0.6 is 0 Å². The molecule has 21 heavy (non-hydrogen) atoms. The molecule has 0 radical (unpaired) electrons. The Bertz CT molecular complexity index is 453. The second kappa shape index (κ2) is 7.04. The Labute approximate surface area is 125 Å². The van der Waals surface area contributed by atoms with E-state index < -0.39 is 22.1 Å². The van der Waals surface area contributed by atoms with Crippen LogP contribution in [-0.2, 0) is 15.0 Å². The van der Waals surface area contributed by atoms with E-state index in [-0.39, 0.29) is 32.3 Å². The van der Waals surface area contributed by atoms with Crippen LogP contribution in [0.4, 0.5) is 0 Å². The van der Waals surface area contributed by atoms with Gasteiger partial charge in [0, 0.05) is 25.7 Å². The third kappa shape index (κ3) is 3.74. The highest BCUT2D eigenvalue weighted by Crippen LogP contribution is 2.28. The molecule has 1 aliphatic heterocycles. The third-order valence-corrected chi connectivity index (χ3v) is 6.57. The molecular formula is C13H24N2O5S. The topological polar surface area (TPSA) is 98.2 Å². The van der Waals surface area contributed by atoms with Crippen molar-refractivity contribution in [1.29, 1.82) is 0 Å². The van der Waals surface area contributed by atoms with Gasteiger partial charge < -0.3 is 10.2 Å². The highest BCUT2D eigenvalue weighted by Gasteiger charge is 2.38. The SMILES string of the molecule is O=C(O)C1CCN(S(=O)(=O)N(CCO)C2CCCC2)CC1. The van der Waals surface area contributed by atoms with Gasteiger partial charge in [0.05, 0.1) is 12.5 Å². The van der Waals surface area contributed by atoms with Gasteiger partial charge in [0.2, 0.25) is 0 Å². The van der Waals surface area contributed by atoms with E-state index in [0.29, 0.717) is 12.8 Å². The van der Waals surface area contributed by atoms with Crippen molar-refractivity contribution >= 4 is 16.2 Å². The molecule has 1 saturated heterocycles. The fourth-order valence-electron chi connectivity index (χ4n) is 3.26. The lowest BCUT2D eigenvalue weighted by Crippen LogP contribution is -2.51. The summed E-state index contributed by atoms with van der Waals surface area (Å²) in [6, 6.07) is -0.0284. The summed E-state index contributed by atoms with van der Waals surface area (Å²) in [5.74, 6) is -1.30. The normalized spacial score (nSPS) is 23.0. The fraction of sp³-hybridized carbons (Fsp3) is 0.923. The van der Waals surface area contributed by atoms with E-state index in [0.717, 1.165) is 25.7 Å². The summed E-state index contributed by atoms with van der Waals surface area (Å²) in [5.41, 5.74) is 0. The molecule has 122 valence electrons. The zero-order valence-electron chi connectivity index (χ0n) is 12.1. The molecule has 7 nitrogen and oxygen atoms in total. The van der Waals surface area contributed by atoms with Crippen LogP contribution in [0.2, 0.25) is 0 Å². The minimum atomic E-state index is -3.61. The fourth-order valence-corrected chi connectivity index (χ4v) is 5.13. The first-order valence-corrected chi connectivity index (χ1v) is 8.97. The molecule has 8 heteroatoms. The van der Waals surface area contributed by atoms with E-state index in [1.165, 1.54) is 8.61 Å². The summed E-state index contributed by atoms with van der Waals surface area (Å²) in [4.78, 5) is 10.9. The van der Waals surface area contributed by atoms with Gasteiger partial charge in [0.1, 0.15) is 0 Å². The van der Waals surface area contributed by atoms with Gasteiger partial charge in [-0.3, -0.25) is 4.79 Å². The predicted molar refractivity (Wildman–Crippen MR) is 76.9 cm³/mol. The number of aliphatic carboxylic acids is 1. The van der Waals surface area contributed by atoms with Crippen molar-refractivity contribution in [1.82, 2.24) is 8.61 Å². The molecule has 2 rings (SSSR count). The summed E-state index contributed by atoms with van der Waals surface area (Å²) in [6.07, 6.45) is 4.42. The van der Waals surface area contributed by atoms with Crippen LogP contribution in [0.25, 0.3) is 0 Å². The number of aliphatic hydroxyl groups is 1. The van der Waals surface area contributed by atoms with Crippen molar-refractivity contribution in [3.8, 4) is 0 Å². The van der Waals surface area contributed by atoms with Gasteiger partial charge >= 0.3 is 5.97 Å². The Morgan fingerprint density at radius 2 is 1.71 bits per heavy atom. The second-order valence-electron chi connectivity index (χ2n) is 5.79. The first-order chi connectivity index (χ1) is 9.96. The molecule has 0 unspecified atom stereocenters. The Morgan fingerprint density at radius 1 is 1.14 bits per heavy atom. The van der Waals surface area contributed by atoms with Crippen molar-refractivity contribution in [3.63, 3.8) is 0 Å². The highest BCUT2D eigenvalue weighted by molar-refractivity contribution is 7.86. The molecule has 0 amide bonds. The van der Waals surface area contributed by atoms with Gasteiger partial charge in [-0.2, -0.15) is 17.0 Å². The third-order valence-electron chi connectivity index (χ3n) is 4.48. The Hall–Kier alpha value is -0.700. The van der Waals surface area contributed by atoms with Crippen LogP contribution in [0.15, 0.2) is 0 Å². The maximum atomic E-state index is 12.7. The largest absolute Gasteiger partial charge is 0.481 e. The van der Waals surface area contributed by atoms with E-state index in [4.69, 9.17) is 5.11 Å². The zero-order chi connectivity index (χ0) is 15.5. The van der Waals surface area contributed by atoms with E-state index in [2.05, 4.69) is 0 Å². The average Bonchev–Trinajstić information content (AvgIpc) is 2.98. The molecule has 0 bridgehead atoms. The number of aliphatic hydroxyl groups excluding tert-OH is 1. The molecule has 1 saturated carbocycles. The summed E-state index contributed by atoms with van der Waals surface area (Å²) >= 11 is 0. The van der Waals surface area contributed by atoms with E-state index in [1.54, 1.807) is 0 Å². The van der Waals surface area contributed by atoms with Crippen molar-refractivity contribution in [2.24, 2.45) is 5.92 Å². The smallest absolute Gasteiger partial charge is 0.306 e. The van der Waals surface area contributed by atoms with Crippen molar-refractivity contribution in [3.05, 3.63) is 0 Å². The van der Waals surface area contributed by atoms with E-state index >= 15 is 0 Å². The summed E-state index contributed by atoms with van der Waals surface area (Å²) in [6.45, 7) is 0.412. The van der Waals surface area contributed by atoms with Gasteiger partial charge in [0.25, 0.3) is 10.2 Å². The molecule has 2 N–H and O–H groups in total. The maximum absolute atomic E-state index is 12.7. The van der Waals surface area contributed by atoms with E-state index in [1.807, 2.05) is 0 Å². The number of carbonyl (C=O) groups is 1. The standard InChI is InChI=1S/C13H24N2O5S/c16-10-9-15(12-3-1-2-4-12)21(19,20)14-7-5-11(6-8-14)13(17)18/h11-12,16H,1-10H2,(H,17,18). The van der Waals surface area contributed by atoms with Crippen molar-refractivity contribution in [2.75, 3.05) is 26.2 Å². The quantitative estimate of drug-likeness (QED) is 0.732.